The van der Waals surface area contributed by atoms with Gasteiger partial charge in [0, 0.05) is 39.8 Å². The van der Waals surface area contributed by atoms with Gasteiger partial charge >= 0.3 is 6.09 Å². The molecule has 31 heavy (non-hydrogen) atoms. The first-order valence-corrected chi connectivity index (χ1v) is 11.7. The Bertz CT molecular complexity index is 840. The predicted octanol–water partition coefficient (Wildman–Crippen LogP) is 2.23. The summed E-state index contributed by atoms with van der Waals surface area (Å²) in [6.45, 7) is 6.32. The lowest BCUT2D eigenvalue weighted by atomic mass is 10.1. The molecular weight excluding hydrogens is 533 g/mol. The smallest absolute Gasteiger partial charge is 0.409 e. The minimum absolute atomic E-state index is 0. The monoisotopic (exact) mass is 567 g/mol. The van der Waals surface area contributed by atoms with Crippen molar-refractivity contribution in [3.8, 4) is 0 Å². The molecule has 1 heterocycles. The van der Waals surface area contributed by atoms with Gasteiger partial charge in [0.15, 0.2) is 5.96 Å². The number of piperidine rings is 1. The van der Waals surface area contributed by atoms with Gasteiger partial charge in [-0.3, -0.25) is 0 Å². The lowest BCUT2D eigenvalue weighted by molar-refractivity contribution is 0.0963. The topological polar surface area (TPSA) is 103 Å². The predicted molar refractivity (Wildman–Crippen MR) is 132 cm³/mol. The third-order valence-electron chi connectivity index (χ3n) is 4.84. The number of ether oxygens (including phenoxy) is 1. The molecule has 0 aromatic heterocycles. The Morgan fingerprint density at radius 1 is 1.23 bits per heavy atom. The number of hydrogen-bond acceptors (Lipinski definition) is 5. The average Bonchev–Trinajstić information content (AvgIpc) is 2.73. The number of likely N-dealkylation sites (tertiary alicyclic amines) is 1. The summed E-state index contributed by atoms with van der Waals surface area (Å²) in [6.07, 6.45) is 1.30. The number of nitrogens with zero attached hydrogens (tertiary/aromatic N) is 3. The van der Waals surface area contributed by atoms with Gasteiger partial charge in [-0.25, -0.2) is 22.5 Å². The highest BCUT2D eigenvalue weighted by Crippen LogP contribution is 2.19. The van der Waals surface area contributed by atoms with Crippen molar-refractivity contribution in [2.75, 3.05) is 40.3 Å². The van der Waals surface area contributed by atoms with E-state index in [9.17, 15) is 13.2 Å². The van der Waals surface area contributed by atoms with Crippen LogP contribution in [0.2, 0.25) is 0 Å². The van der Waals surface area contributed by atoms with Crippen molar-refractivity contribution in [2.45, 2.75) is 44.2 Å². The van der Waals surface area contributed by atoms with Crippen molar-refractivity contribution < 1.29 is 17.9 Å². The van der Waals surface area contributed by atoms with E-state index in [0.717, 1.165) is 12.8 Å². The number of sulfonamides is 1. The molecule has 1 amide bonds. The molecule has 2 N–H and O–H groups in total. The second-order valence-corrected chi connectivity index (χ2v) is 9.32. The number of carbonyl (C=O) groups is 1. The van der Waals surface area contributed by atoms with Gasteiger partial charge in [-0.15, -0.1) is 24.0 Å². The van der Waals surface area contributed by atoms with Crippen LogP contribution in [0.25, 0.3) is 0 Å². The number of amides is 1. The lowest BCUT2D eigenvalue weighted by Gasteiger charge is -2.32. The zero-order chi connectivity index (χ0) is 22.1. The van der Waals surface area contributed by atoms with E-state index in [1.165, 1.54) is 18.4 Å². The van der Waals surface area contributed by atoms with E-state index in [0.29, 0.717) is 37.8 Å². The number of benzene rings is 1. The molecule has 1 fully saturated rings. The molecular formula is C20H34IN5O4S. The van der Waals surface area contributed by atoms with Crippen molar-refractivity contribution in [1.29, 1.82) is 0 Å². The Kier molecular flexibility index (Phi) is 11.6. The number of halogens is 1. The number of hydrogen-bond donors (Lipinski definition) is 2. The fraction of sp³-hybridized carbons (Fsp3) is 0.600. The fourth-order valence-corrected chi connectivity index (χ4v) is 4.29. The zero-order valence-corrected chi connectivity index (χ0v) is 21.8. The van der Waals surface area contributed by atoms with Crippen LogP contribution in [0.3, 0.4) is 0 Å². The van der Waals surface area contributed by atoms with E-state index in [1.54, 1.807) is 30.0 Å². The number of rotatable bonds is 7. The van der Waals surface area contributed by atoms with Gasteiger partial charge in [0.1, 0.15) is 0 Å². The van der Waals surface area contributed by atoms with Gasteiger partial charge in [-0.05, 0) is 38.3 Å². The molecule has 1 saturated heterocycles. The van der Waals surface area contributed by atoms with Gasteiger partial charge < -0.3 is 20.3 Å². The third kappa shape index (κ3) is 7.79. The summed E-state index contributed by atoms with van der Waals surface area (Å²) in [5.41, 5.74) is 0.639. The Hall–Kier alpha value is -1.60. The molecule has 0 bridgehead atoms. The molecule has 2 rings (SSSR count). The van der Waals surface area contributed by atoms with Crippen LogP contribution in [0.4, 0.5) is 4.79 Å². The summed E-state index contributed by atoms with van der Waals surface area (Å²) in [7, 11) is -0.505. The second-order valence-electron chi connectivity index (χ2n) is 7.19. The molecule has 0 unspecified atom stereocenters. The van der Waals surface area contributed by atoms with Crippen molar-refractivity contribution in [2.24, 2.45) is 4.99 Å². The molecule has 0 radical (unpaired) electrons. The highest BCUT2D eigenvalue weighted by atomic mass is 127. The number of carbonyl (C=O) groups excluding carboxylic acids is 1. The van der Waals surface area contributed by atoms with Crippen LogP contribution in [0.15, 0.2) is 34.2 Å². The summed E-state index contributed by atoms with van der Waals surface area (Å²) in [6, 6.07) is 7.08. The highest BCUT2D eigenvalue weighted by Gasteiger charge is 2.24. The van der Waals surface area contributed by atoms with E-state index in [2.05, 4.69) is 15.6 Å². The molecule has 11 heteroatoms. The van der Waals surface area contributed by atoms with E-state index in [1.807, 2.05) is 13.0 Å². The summed E-state index contributed by atoms with van der Waals surface area (Å²) in [5.74, 6) is 0.629. The van der Waals surface area contributed by atoms with Gasteiger partial charge in [0.25, 0.3) is 0 Å². The molecule has 1 aromatic rings. The standard InChI is InChI=1S/C20H33N5O4S.HI/c1-5-21-19(23-17-11-13-25(14-12-17)20(26)29-6-2)22-15-16-9-7-8-10-18(16)30(27,28)24(3)4;/h7-10,17H,5-6,11-15H2,1-4H3,(H2,21,22,23);1H. The maximum absolute atomic E-state index is 12.6. The number of aliphatic imine (C=N–C) groups is 1. The zero-order valence-electron chi connectivity index (χ0n) is 18.6. The lowest BCUT2D eigenvalue weighted by Crippen LogP contribution is -2.49. The van der Waals surface area contributed by atoms with Crippen LogP contribution in [0.5, 0.6) is 0 Å². The van der Waals surface area contributed by atoms with Gasteiger partial charge in [0.2, 0.25) is 10.0 Å². The summed E-state index contributed by atoms with van der Waals surface area (Å²) >= 11 is 0. The summed E-state index contributed by atoms with van der Waals surface area (Å²) < 4.78 is 31.4. The molecule has 0 atom stereocenters. The maximum Gasteiger partial charge on any atom is 0.409 e. The van der Waals surface area contributed by atoms with Gasteiger partial charge in [0.05, 0.1) is 18.0 Å². The number of nitrogens with one attached hydrogen (secondary N) is 2. The normalized spacial score (nSPS) is 15.4. The molecule has 1 aliphatic rings. The van der Waals surface area contributed by atoms with Crippen molar-refractivity contribution in [3.05, 3.63) is 29.8 Å². The van der Waals surface area contributed by atoms with E-state index < -0.39 is 10.0 Å². The third-order valence-corrected chi connectivity index (χ3v) is 6.76. The Balaban J connectivity index is 0.00000480. The molecule has 0 spiro atoms. The molecule has 0 aliphatic carbocycles. The fourth-order valence-electron chi connectivity index (χ4n) is 3.18. The molecule has 0 saturated carbocycles. The van der Waals surface area contributed by atoms with Crippen molar-refractivity contribution in [1.82, 2.24) is 19.8 Å². The first-order chi connectivity index (χ1) is 14.3. The minimum Gasteiger partial charge on any atom is -0.450 e. The first kappa shape index (κ1) is 27.4. The number of guanidine groups is 1. The largest absolute Gasteiger partial charge is 0.450 e. The van der Waals surface area contributed by atoms with Gasteiger partial charge in [-0.1, -0.05) is 18.2 Å². The van der Waals surface area contributed by atoms with E-state index in [-0.39, 0.29) is 47.6 Å². The van der Waals surface area contributed by atoms with Crippen molar-refractivity contribution in [3.63, 3.8) is 0 Å². The van der Waals surface area contributed by atoms with Crippen LogP contribution >= 0.6 is 24.0 Å². The van der Waals surface area contributed by atoms with Gasteiger partial charge in [-0.2, -0.15) is 0 Å². The Morgan fingerprint density at radius 3 is 2.45 bits per heavy atom. The average molecular weight is 567 g/mol. The van der Waals surface area contributed by atoms with Crippen LogP contribution in [0.1, 0.15) is 32.3 Å². The molecule has 1 aliphatic heterocycles. The molecule has 176 valence electrons. The minimum atomic E-state index is -3.54. The van der Waals surface area contributed by atoms with E-state index in [4.69, 9.17) is 4.74 Å². The Labute approximate surface area is 202 Å². The van der Waals surface area contributed by atoms with Crippen molar-refractivity contribution >= 4 is 46.1 Å². The first-order valence-electron chi connectivity index (χ1n) is 10.3. The quantitative estimate of drug-likeness (QED) is 0.298. The van der Waals surface area contributed by atoms with Crippen LogP contribution in [-0.2, 0) is 21.3 Å². The van der Waals surface area contributed by atoms with Crippen LogP contribution in [0, 0.1) is 0 Å². The summed E-state index contributed by atoms with van der Waals surface area (Å²) in [5, 5.41) is 6.61. The second kappa shape index (κ2) is 13.1. The molecule has 1 aromatic carbocycles. The van der Waals surface area contributed by atoms with Crippen LogP contribution in [-0.4, -0.2) is 76.1 Å². The van der Waals surface area contributed by atoms with E-state index >= 15 is 0 Å². The molecule has 9 nitrogen and oxygen atoms in total. The maximum atomic E-state index is 12.6. The Morgan fingerprint density at radius 2 is 1.87 bits per heavy atom. The summed E-state index contributed by atoms with van der Waals surface area (Å²) in [4.78, 5) is 18.4. The van der Waals surface area contributed by atoms with Crippen LogP contribution < -0.4 is 10.6 Å². The highest BCUT2D eigenvalue weighted by molar-refractivity contribution is 14.0. The SMILES string of the molecule is CCNC(=NCc1ccccc1S(=O)(=O)N(C)C)NC1CCN(C(=O)OCC)CC1.I.